The molecule has 1 aliphatic carbocycles. The van der Waals surface area contributed by atoms with Gasteiger partial charge in [-0.2, -0.15) is 0 Å². The summed E-state index contributed by atoms with van der Waals surface area (Å²) in [6.45, 7) is 2.53. The van der Waals surface area contributed by atoms with Gasteiger partial charge in [-0.15, -0.1) is 0 Å². The zero-order valence-corrected chi connectivity index (χ0v) is 25.4. The van der Waals surface area contributed by atoms with Crippen LogP contribution in [-0.2, 0) is 23.4 Å². The monoisotopic (exact) mass is 579 g/mol. The second-order valence-electron chi connectivity index (χ2n) is 12.0. The molecule has 1 atom stereocenters. The highest BCUT2D eigenvalue weighted by atomic mass is 16.5. The topological polar surface area (TPSA) is 72.8 Å². The Morgan fingerprint density at radius 2 is 1.65 bits per heavy atom. The first-order valence-corrected chi connectivity index (χ1v) is 15.4. The summed E-state index contributed by atoms with van der Waals surface area (Å²) in [5.74, 6) is 0.966. The van der Waals surface area contributed by atoms with Gasteiger partial charge in [0.2, 0.25) is 0 Å². The Morgan fingerprint density at radius 3 is 2.37 bits per heavy atom. The van der Waals surface area contributed by atoms with Gasteiger partial charge < -0.3 is 24.3 Å². The van der Waals surface area contributed by atoms with E-state index in [9.17, 15) is 9.59 Å². The van der Waals surface area contributed by atoms with Crippen molar-refractivity contribution in [2.75, 3.05) is 14.2 Å². The molecule has 1 saturated carbocycles. The lowest BCUT2D eigenvalue weighted by atomic mass is 9.83. The maximum absolute atomic E-state index is 15.0. The van der Waals surface area contributed by atoms with E-state index < -0.39 is 5.54 Å². The lowest BCUT2D eigenvalue weighted by Crippen LogP contribution is -2.64. The Hall–Kier alpha value is -4.26. The van der Waals surface area contributed by atoms with Crippen molar-refractivity contribution in [3.8, 4) is 11.5 Å². The number of aryl methyl sites for hydroxylation is 1. The number of carbonyl (C=O) groups excluding carboxylic acids is 2. The number of carbonyl (C=O) groups is 2. The summed E-state index contributed by atoms with van der Waals surface area (Å²) in [6.07, 6.45) is 7.72. The quantitative estimate of drug-likeness (QED) is 0.263. The molecule has 2 amide bonds. The first-order chi connectivity index (χ1) is 20.9. The molecule has 1 aliphatic heterocycles. The van der Waals surface area contributed by atoms with Crippen molar-refractivity contribution in [1.82, 2.24) is 14.8 Å². The molecular weight excluding hydrogens is 538 g/mol. The van der Waals surface area contributed by atoms with Crippen LogP contribution in [0, 0.1) is 6.92 Å². The second kappa shape index (κ2) is 12.2. The average Bonchev–Trinajstić information content (AvgIpc) is 3.37. The van der Waals surface area contributed by atoms with E-state index in [1.807, 2.05) is 54.6 Å². The molecule has 2 aliphatic rings. The molecule has 0 bridgehead atoms. The number of aromatic nitrogens is 1. The van der Waals surface area contributed by atoms with Gasteiger partial charge in [0.15, 0.2) is 5.54 Å². The average molecular weight is 580 g/mol. The highest BCUT2D eigenvalue weighted by Crippen LogP contribution is 2.42. The Labute approximate surface area is 253 Å². The fourth-order valence-electron chi connectivity index (χ4n) is 6.91. The molecule has 224 valence electrons. The molecule has 0 spiro atoms. The second-order valence-corrected chi connectivity index (χ2v) is 12.0. The number of hydrogen-bond acceptors (Lipinski definition) is 4. The number of nitrogens with zero attached hydrogens (tertiary/aromatic N) is 2. The first-order valence-electron chi connectivity index (χ1n) is 15.4. The summed E-state index contributed by atoms with van der Waals surface area (Å²) in [6, 6.07) is 23.6. The van der Waals surface area contributed by atoms with Crippen molar-refractivity contribution in [3.05, 3.63) is 95.2 Å². The van der Waals surface area contributed by atoms with Gasteiger partial charge in [0.1, 0.15) is 17.2 Å². The molecule has 0 unspecified atom stereocenters. The number of fused-ring (bicyclic) bond motifs is 3. The van der Waals surface area contributed by atoms with Gasteiger partial charge in [-0.05, 0) is 61.2 Å². The minimum atomic E-state index is -1.29. The predicted octanol–water partition coefficient (Wildman–Crippen LogP) is 6.75. The number of ether oxygens (including phenoxy) is 2. The molecule has 7 nitrogen and oxygen atoms in total. The maximum Gasteiger partial charge on any atom is 0.272 e. The molecular formula is C36H41N3O4. The van der Waals surface area contributed by atoms with Crippen molar-refractivity contribution in [3.63, 3.8) is 0 Å². The van der Waals surface area contributed by atoms with E-state index >= 15 is 0 Å². The van der Waals surface area contributed by atoms with Gasteiger partial charge in [0.05, 0.1) is 27.3 Å². The summed E-state index contributed by atoms with van der Waals surface area (Å²) in [5.41, 5.74) is 2.91. The van der Waals surface area contributed by atoms with Crippen molar-refractivity contribution in [1.29, 1.82) is 0 Å². The van der Waals surface area contributed by atoms with E-state index in [2.05, 4.69) is 35.0 Å². The Balaban J connectivity index is 1.54. The van der Waals surface area contributed by atoms with Crippen LogP contribution in [-0.4, -0.2) is 41.5 Å². The fraction of sp³-hybridized carbons (Fsp3) is 0.389. The Bertz CT molecular complexity index is 1620. The van der Waals surface area contributed by atoms with Gasteiger partial charge in [-0.1, -0.05) is 74.6 Å². The number of methoxy groups -OCH3 is 2. The van der Waals surface area contributed by atoms with Crippen LogP contribution < -0.4 is 14.8 Å². The van der Waals surface area contributed by atoms with Crippen molar-refractivity contribution >= 4 is 22.7 Å². The highest BCUT2D eigenvalue weighted by molar-refractivity contribution is 6.04. The van der Waals surface area contributed by atoms with Crippen LogP contribution in [0.4, 0.5) is 0 Å². The highest BCUT2D eigenvalue weighted by Gasteiger charge is 2.53. The molecule has 1 N–H and O–H groups in total. The molecule has 1 aromatic heterocycles. The zero-order chi connectivity index (χ0) is 30.0. The molecule has 3 aromatic carbocycles. The number of hydrogen-bond donors (Lipinski definition) is 1. The number of amides is 2. The third-order valence-electron chi connectivity index (χ3n) is 9.26. The molecule has 1 fully saturated rings. The van der Waals surface area contributed by atoms with E-state index in [-0.39, 0.29) is 24.4 Å². The SMILES string of the molecule is COc1ccc(OC)c(CN2C(=O)c3cc4ccc(C)cc4n3C[C@]2(C(=O)NC2CCCCCCC2)c2ccccc2)c1. The third-order valence-corrected chi connectivity index (χ3v) is 9.26. The standard InChI is InChI=1S/C36H41N3O4/c1-25-16-17-26-22-32-34(40)39(23-27-21-30(42-2)18-19-33(27)43-3)36(24-38(32)31(26)20-25,28-12-8-7-9-13-28)35(41)37-29-14-10-5-4-6-11-15-29/h7-9,12-13,16-22,29H,4-6,10-11,14-15,23-24H2,1-3H3,(H,37,41)/t36-/m1/s1. The molecule has 0 saturated heterocycles. The summed E-state index contributed by atoms with van der Waals surface area (Å²) in [5, 5.41) is 4.45. The number of benzene rings is 3. The van der Waals surface area contributed by atoms with Gasteiger partial charge in [-0.3, -0.25) is 9.59 Å². The van der Waals surface area contributed by atoms with Gasteiger partial charge in [0.25, 0.3) is 11.8 Å². The third kappa shape index (κ3) is 5.37. The van der Waals surface area contributed by atoms with E-state index in [1.54, 1.807) is 19.1 Å². The van der Waals surface area contributed by atoms with E-state index in [1.165, 1.54) is 19.3 Å². The minimum Gasteiger partial charge on any atom is -0.497 e. The summed E-state index contributed by atoms with van der Waals surface area (Å²) >= 11 is 0. The largest absolute Gasteiger partial charge is 0.497 e. The molecule has 0 radical (unpaired) electrons. The summed E-state index contributed by atoms with van der Waals surface area (Å²) in [4.78, 5) is 31.5. The molecule has 4 aromatic rings. The number of nitrogens with one attached hydrogen (secondary N) is 1. The predicted molar refractivity (Wildman–Crippen MR) is 168 cm³/mol. The summed E-state index contributed by atoms with van der Waals surface area (Å²) < 4.78 is 13.3. The Kier molecular flexibility index (Phi) is 8.15. The van der Waals surface area contributed by atoms with Crippen molar-refractivity contribution < 1.29 is 19.1 Å². The lowest BCUT2D eigenvalue weighted by Gasteiger charge is -2.47. The van der Waals surface area contributed by atoms with Crippen LogP contribution in [0.25, 0.3) is 10.9 Å². The molecule has 6 rings (SSSR count). The first kappa shape index (κ1) is 28.8. The lowest BCUT2D eigenvalue weighted by molar-refractivity contribution is -0.136. The van der Waals surface area contributed by atoms with Crippen molar-refractivity contribution in [2.45, 2.75) is 76.5 Å². The van der Waals surface area contributed by atoms with Crippen LogP contribution in [0.15, 0.2) is 72.8 Å². The Morgan fingerprint density at radius 1 is 0.907 bits per heavy atom. The van der Waals surface area contributed by atoms with E-state index in [4.69, 9.17) is 9.47 Å². The minimum absolute atomic E-state index is 0.0711. The molecule has 43 heavy (non-hydrogen) atoms. The molecule has 7 heteroatoms. The van der Waals surface area contributed by atoms with Crippen LogP contribution in [0.3, 0.4) is 0 Å². The summed E-state index contributed by atoms with van der Waals surface area (Å²) in [7, 11) is 3.24. The van der Waals surface area contributed by atoms with E-state index in [0.717, 1.165) is 53.3 Å². The van der Waals surface area contributed by atoms with Crippen LogP contribution >= 0.6 is 0 Å². The van der Waals surface area contributed by atoms with Crippen LogP contribution in [0.2, 0.25) is 0 Å². The van der Waals surface area contributed by atoms with Crippen LogP contribution in [0.1, 0.15) is 72.1 Å². The molecule has 2 heterocycles. The van der Waals surface area contributed by atoms with E-state index in [0.29, 0.717) is 23.7 Å². The van der Waals surface area contributed by atoms with Gasteiger partial charge in [-0.25, -0.2) is 0 Å². The maximum atomic E-state index is 15.0. The normalized spacial score (nSPS) is 19.4. The van der Waals surface area contributed by atoms with Crippen LogP contribution in [0.5, 0.6) is 11.5 Å². The van der Waals surface area contributed by atoms with Gasteiger partial charge in [0, 0.05) is 22.5 Å². The van der Waals surface area contributed by atoms with Gasteiger partial charge >= 0.3 is 0 Å². The smallest absolute Gasteiger partial charge is 0.272 e. The number of rotatable bonds is 7. The fourth-order valence-corrected chi connectivity index (χ4v) is 6.91. The van der Waals surface area contributed by atoms with Crippen molar-refractivity contribution in [2.24, 2.45) is 0 Å². The zero-order valence-electron chi connectivity index (χ0n) is 25.4.